The highest BCUT2D eigenvalue weighted by Gasteiger charge is 2.27. The molecule has 0 heterocycles. The van der Waals surface area contributed by atoms with Crippen LogP contribution in [0.25, 0.3) is 0 Å². The van der Waals surface area contributed by atoms with E-state index in [1.807, 2.05) is 0 Å². The minimum absolute atomic E-state index is 0.000719. The second-order valence-electron chi connectivity index (χ2n) is 4.26. The summed E-state index contributed by atoms with van der Waals surface area (Å²) >= 11 is 0. The number of carbonyl (C=O) groups excluding carboxylic acids is 2. The largest absolute Gasteiger partial charge is 0.508 e. The number of carbonyl (C=O) groups is 2. The molecule has 6 nitrogen and oxygen atoms in total. The molecule has 0 aliphatic rings. The molecule has 104 valence electrons. The van der Waals surface area contributed by atoms with Gasteiger partial charge in [-0.3, -0.25) is 0 Å². The van der Waals surface area contributed by atoms with Gasteiger partial charge < -0.3 is 18.9 Å². The fraction of sp³-hybridized carbons (Fsp3) is 0.667. The number of methoxy groups -OCH3 is 1. The molecular weight excluding hydrogens is 240 g/mol. The van der Waals surface area contributed by atoms with Gasteiger partial charge in [-0.25, -0.2) is 9.59 Å². The van der Waals surface area contributed by atoms with Gasteiger partial charge >= 0.3 is 12.1 Å². The topological polar surface area (TPSA) is 71.1 Å². The first-order valence-corrected chi connectivity index (χ1v) is 5.45. The van der Waals surface area contributed by atoms with Crippen molar-refractivity contribution in [1.82, 2.24) is 0 Å². The van der Waals surface area contributed by atoms with Crippen LogP contribution in [0.1, 0.15) is 27.7 Å². The molecule has 6 heteroatoms. The van der Waals surface area contributed by atoms with Gasteiger partial charge in [0, 0.05) is 19.4 Å². The summed E-state index contributed by atoms with van der Waals surface area (Å²) in [5.41, 5.74) is 0.283. The lowest BCUT2D eigenvalue weighted by Crippen LogP contribution is -2.36. The zero-order chi connectivity index (χ0) is 14.3. The van der Waals surface area contributed by atoms with E-state index in [0.717, 1.165) is 0 Å². The van der Waals surface area contributed by atoms with Gasteiger partial charge in [0.05, 0.1) is 13.2 Å². The van der Waals surface area contributed by atoms with Crippen LogP contribution in [0.3, 0.4) is 0 Å². The first kappa shape index (κ1) is 16.4. The van der Waals surface area contributed by atoms with E-state index in [1.165, 1.54) is 7.11 Å². The van der Waals surface area contributed by atoms with Crippen molar-refractivity contribution in [1.29, 1.82) is 0 Å². The quantitative estimate of drug-likeness (QED) is 0.413. The summed E-state index contributed by atoms with van der Waals surface area (Å²) in [4.78, 5) is 22.1. The van der Waals surface area contributed by atoms with Gasteiger partial charge in [-0.05, 0) is 13.8 Å². The maximum Gasteiger partial charge on any atom is 0.508 e. The Bertz CT molecular complexity index is 321. The normalized spacial score (nSPS) is 12.5. The Kier molecular flexibility index (Phi) is 6.40. The van der Waals surface area contributed by atoms with Crippen LogP contribution in [0.5, 0.6) is 0 Å². The minimum Gasteiger partial charge on any atom is -0.438 e. The summed E-state index contributed by atoms with van der Waals surface area (Å²) in [6.45, 7) is 9.87. The van der Waals surface area contributed by atoms with Crippen LogP contribution in [-0.4, -0.2) is 37.7 Å². The molecule has 18 heavy (non-hydrogen) atoms. The Labute approximate surface area is 107 Å². The van der Waals surface area contributed by atoms with E-state index in [4.69, 9.17) is 14.2 Å². The van der Waals surface area contributed by atoms with Crippen molar-refractivity contribution < 1.29 is 28.5 Å². The standard InChI is InChI=1S/C12H20O6/c1-8(2)10(13)18-12(4,5)17-9(3)7-16-11(14)15-6/h9H,1,7H2,2-6H3. The smallest absolute Gasteiger partial charge is 0.438 e. The number of hydrogen-bond acceptors (Lipinski definition) is 6. The fourth-order valence-electron chi connectivity index (χ4n) is 1.10. The molecule has 0 aromatic carbocycles. The summed E-state index contributed by atoms with van der Waals surface area (Å²) in [6.07, 6.45) is -1.24. The molecule has 0 saturated carbocycles. The Balaban J connectivity index is 4.18. The Morgan fingerprint density at radius 2 is 1.89 bits per heavy atom. The molecule has 0 aromatic rings. The summed E-state index contributed by atoms with van der Waals surface area (Å²) in [6, 6.07) is 0. The maximum atomic E-state index is 11.3. The van der Waals surface area contributed by atoms with Crippen LogP contribution >= 0.6 is 0 Å². The van der Waals surface area contributed by atoms with Crippen LogP contribution in [0, 0.1) is 0 Å². The van der Waals surface area contributed by atoms with Crippen LogP contribution in [-0.2, 0) is 23.7 Å². The molecule has 0 rings (SSSR count). The van der Waals surface area contributed by atoms with Crippen molar-refractivity contribution in [2.75, 3.05) is 13.7 Å². The van der Waals surface area contributed by atoms with Crippen LogP contribution in [0.4, 0.5) is 4.79 Å². The van der Waals surface area contributed by atoms with E-state index < -0.39 is 24.0 Å². The third kappa shape index (κ3) is 6.90. The van der Waals surface area contributed by atoms with Crippen LogP contribution in [0.15, 0.2) is 12.2 Å². The van der Waals surface area contributed by atoms with E-state index >= 15 is 0 Å². The van der Waals surface area contributed by atoms with Crippen molar-refractivity contribution in [3.05, 3.63) is 12.2 Å². The Morgan fingerprint density at radius 1 is 1.33 bits per heavy atom. The van der Waals surface area contributed by atoms with Crippen molar-refractivity contribution in [2.45, 2.75) is 39.6 Å². The summed E-state index contributed by atoms with van der Waals surface area (Å²) in [5.74, 6) is -1.67. The Morgan fingerprint density at radius 3 is 2.33 bits per heavy atom. The molecular formula is C12H20O6. The molecule has 0 fully saturated rings. The van der Waals surface area contributed by atoms with E-state index in [0.29, 0.717) is 0 Å². The van der Waals surface area contributed by atoms with Crippen molar-refractivity contribution >= 4 is 12.1 Å². The molecule has 0 bridgehead atoms. The second kappa shape index (κ2) is 7.00. The number of ether oxygens (including phenoxy) is 4. The molecule has 0 aliphatic carbocycles. The molecule has 0 amide bonds. The van der Waals surface area contributed by atoms with E-state index in [2.05, 4.69) is 11.3 Å². The van der Waals surface area contributed by atoms with Gasteiger partial charge in [-0.1, -0.05) is 6.58 Å². The zero-order valence-corrected chi connectivity index (χ0v) is 11.4. The number of rotatable bonds is 6. The van der Waals surface area contributed by atoms with Crippen LogP contribution < -0.4 is 0 Å². The molecule has 0 aromatic heterocycles. The molecule has 1 unspecified atom stereocenters. The van der Waals surface area contributed by atoms with E-state index in [9.17, 15) is 9.59 Å². The molecule has 1 atom stereocenters. The van der Waals surface area contributed by atoms with Crippen molar-refractivity contribution in [2.24, 2.45) is 0 Å². The van der Waals surface area contributed by atoms with Crippen molar-refractivity contribution in [3.63, 3.8) is 0 Å². The zero-order valence-electron chi connectivity index (χ0n) is 11.4. The highest BCUT2D eigenvalue weighted by Crippen LogP contribution is 2.16. The molecule has 0 N–H and O–H groups in total. The summed E-state index contributed by atoms with van der Waals surface area (Å²) in [5, 5.41) is 0. The maximum absolute atomic E-state index is 11.3. The van der Waals surface area contributed by atoms with Gasteiger partial charge in [0.2, 0.25) is 5.79 Å². The predicted molar refractivity (Wildman–Crippen MR) is 63.9 cm³/mol. The molecule has 0 radical (unpaired) electrons. The SMILES string of the molecule is C=C(C)C(=O)OC(C)(C)OC(C)COC(=O)OC. The molecule has 0 aliphatic heterocycles. The lowest BCUT2D eigenvalue weighted by molar-refractivity contribution is -0.231. The second-order valence-corrected chi connectivity index (χ2v) is 4.26. The van der Waals surface area contributed by atoms with Gasteiger partial charge in [0.25, 0.3) is 0 Å². The highest BCUT2D eigenvalue weighted by molar-refractivity contribution is 5.87. The lowest BCUT2D eigenvalue weighted by atomic mass is 10.3. The fourth-order valence-corrected chi connectivity index (χ4v) is 1.10. The minimum atomic E-state index is -1.13. The van der Waals surface area contributed by atoms with E-state index in [1.54, 1.807) is 27.7 Å². The number of esters is 1. The molecule has 0 spiro atoms. The van der Waals surface area contributed by atoms with Crippen LogP contribution in [0.2, 0.25) is 0 Å². The van der Waals surface area contributed by atoms with Gasteiger partial charge in [-0.2, -0.15) is 0 Å². The number of hydrogen-bond donors (Lipinski definition) is 0. The Hall–Kier alpha value is -1.56. The first-order chi connectivity index (χ1) is 8.18. The van der Waals surface area contributed by atoms with Gasteiger partial charge in [0.1, 0.15) is 6.61 Å². The lowest BCUT2D eigenvalue weighted by Gasteiger charge is -2.28. The summed E-state index contributed by atoms with van der Waals surface area (Å²) in [7, 11) is 1.21. The summed E-state index contributed by atoms with van der Waals surface area (Å²) < 4.78 is 19.5. The van der Waals surface area contributed by atoms with Gasteiger partial charge in [-0.15, -0.1) is 0 Å². The first-order valence-electron chi connectivity index (χ1n) is 5.45. The molecule has 0 saturated heterocycles. The van der Waals surface area contributed by atoms with Crippen molar-refractivity contribution in [3.8, 4) is 0 Å². The monoisotopic (exact) mass is 260 g/mol. The predicted octanol–water partition coefficient (Wildman–Crippen LogP) is 2.03. The third-order valence-corrected chi connectivity index (χ3v) is 1.77. The van der Waals surface area contributed by atoms with Gasteiger partial charge in [0.15, 0.2) is 0 Å². The third-order valence-electron chi connectivity index (χ3n) is 1.77. The highest BCUT2D eigenvalue weighted by atomic mass is 16.7. The average molecular weight is 260 g/mol. The van der Waals surface area contributed by atoms with E-state index in [-0.39, 0.29) is 12.2 Å². The average Bonchev–Trinajstić information content (AvgIpc) is 2.24.